The van der Waals surface area contributed by atoms with E-state index in [2.05, 4.69) is 30.9 Å². The molecule has 0 aliphatic rings. The molecule has 2 N–H and O–H groups in total. The van der Waals surface area contributed by atoms with E-state index in [1.54, 1.807) is 0 Å². The average molecular weight is 343 g/mol. The molecule has 0 aliphatic carbocycles. The maximum atomic E-state index is 9.19. The number of benzene rings is 2. The molecule has 8 nitrogen and oxygen atoms in total. The van der Waals surface area contributed by atoms with E-state index >= 15 is 0 Å². The minimum atomic E-state index is 0.226. The van der Waals surface area contributed by atoms with Gasteiger partial charge in [0.2, 0.25) is 11.7 Å². The molecule has 8 heteroatoms. The largest absolute Gasteiger partial charge is 0.436 e. The van der Waals surface area contributed by atoms with Crippen molar-refractivity contribution in [3.8, 4) is 17.5 Å². The molecule has 26 heavy (non-hydrogen) atoms. The van der Waals surface area contributed by atoms with Gasteiger partial charge in [-0.2, -0.15) is 10.5 Å². The van der Waals surface area contributed by atoms with Crippen molar-refractivity contribution in [2.24, 2.45) is 0 Å². The average Bonchev–Trinajstić information content (AvgIpc) is 3.32. The van der Waals surface area contributed by atoms with Crippen LogP contribution in [-0.4, -0.2) is 25.6 Å². The smallest absolute Gasteiger partial charge is 0.227 e. The number of H-pyrrole nitrogens is 1. The predicted molar refractivity (Wildman–Crippen MR) is 95.6 cm³/mol. The zero-order chi connectivity index (χ0) is 17.9. The number of allylic oxidation sites excluding steroid dienone is 1. The molecule has 0 fully saturated rings. The summed E-state index contributed by atoms with van der Waals surface area (Å²) in [6, 6.07) is 15.5. The van der Waals surface area contributed by atoms with Crippen LogP contribution in [0.2, 0.25) is 0 Å². The first-order valence-corrected chi connectivity index (χ1v) is 7.81. The summed E-state index contributed by atoms with van der Waals surface area (Å²) in [4.78, 5) is 4.54. The van der Waals surface area contributed by atoms with Crippen LogP contribution in [0.3, 0.4) is 0 Å². The van der Waals surface area contributed by atoms with Crippen LogP contribution in [0.5, 0.6) is 0 Å². The van der Waals surface area contributed by atoms with Crippen LogP contribution in [0.1, 0.15) is 11.4 Å². The highest BCUT2D eigenvalue weighted by Gasteiger charge is 2.09. The standard InChI is InChI=1S/C18H13N7O/c1-11-2-4-12(5-3-11)18-21-15-8-14(6-7-16(15)26-18)20-10-13(9-19)17-22-24-25-23-17/h2-8,10,20H,1H3,(H,22,23,24,25). The molecule has 0 unspecified atom stereocenters. The topological polar surface area (TPSA) is 116 Å². The Labute approximate surface area is 148 Å². The van der Waals surface area contributed by atoms with Gasteiger partial charge in [-0.05, 0) is 42.5 Å². The number of aromatic amines is 1. The molecule has 2 aromatic heterocycles. The van der Waals surface area contributed by atoms with Gasteiger partial charge >= 0.3 is 0 Å². The summed E-state index contributed by atoms with van der Waals surface area (Å²) in [5, 5.41) is 25.6. The second kappa shape index (κ2) is 6.49. The van der Waals surface area contributed by atoms with E-state index in [1.807, 2.05) is 55.5 Å². The lowest BCUT2D eigenvalue weighted by Gasteiger charge is -2.00. The van der Waals surface area contributed by atoms with E-state index in [-0.39, 0.29) is 11.4 Å². The summed E-state index contributed by atoms with van der Waals surface area (Å²) in [6.07, 6.45) is 1.52. The van der Waals surface area contributed by atoms with Crippen LogP contribution < -0.4 is 5.32 Å². The van der Waals surface area contributed by atoms with Crippen LogP contribution in [0, 0.1) is 18.3 Å². The number of anilines is 1. The second-order valence-electron chi connectivity index (χ2n) is 5.62. The minimum absolute atomic E-state index is 0.226. The molecule has 4 rings (SSSR count). The Balaban J connectivity index is 1.62. The summed E-state index contributed by atoms with van der Waals surface area (Å²) in [5.74, 6) is 0.793. The number of nitriles is 1. The fourth-order valence-electron chi connectivity index (χ4n) is 2.42. The maximum absolute atomic E-state index is 9.19. The van der Waals surface area contributed by atoms with Crippen molar-refractivity contribution in [3.05, 3.63) is 60.1 Å². The van der Waals surface area contributed by atoms with Crippen molar-refractivity contribution >= 4 is 22.4 Å². The lowest BCUT2D eigenvalue weighted by atomic mass is 10.1. The van der Waals surface area contributed by atoms with E-state index in [0.717, 1.165) is 16.8 Å². The van der Waals surface area contributed by atoms with E-state index in [9.17, 15) is 5.26 Å². The Morgan fingerprint density at radius 2 is 2.08 bits per heavy atom. The molecule has 0 aliphatic heterocycles. The van der Waals surface area contributed by atoms with Crippen molar-refractivity contribution in [2.75, 3.05) is 5.32 Å². The maximum Gasteiger partial charge on any atom is 0.227 e. The number of nitrogens with one attached hydrogen (secondary N) is 2. The van der Waals surface area contributed by atoms with Crippen LogP contribution in [0.4, 0.5) is 5.69 Å². The Kier molecular flexibility index (Phi) is 3.88. The monoisotopic (exact) mass is 343 g/mol. The first-order chi connectivity index (χ1) is 12.7. The van der Waals surface area contributed by atoms with E-state index < -0.39 is 0 Å². The van der Waals surface area contributed by atoms with Gasteiger partial charge < -0.3 is 9.73 Å². The molecule has 0 atom stereocenters. The van der Waals surface area contributed by atoms with Crippen molar-refractivity contribution < 1.29 is 4.42 Å². The third kappa shape index (κ3) is 3.01. The van der Waals surface area contributed by atoms with Crippen LogP contribution in [0.25, 0.3) is 28.1 Å². The predicted octanol–water partition coefficient (Wildman–Crippen LogP) is 3.29. The highest BCUT2D eigenvalue weighted by atomic mass is 16.3. The van der Waals surface area contributed by atoms with Gasteiger partial charge in [-0.15, -0.1) is 10.2 Å². The molecule has 4 aromatic rings. The number of aromatic nitrogens is 5. The first kappa shape index (κ1) is 15.5. The summed E-state index contributed by atoms with van der Waals surface area (Å²) in [6.45, 7) is 2.03. The lowest BCUT2D eigenvalue weighted by Crippen LogP contribution is -1.92. The van der Waals surface area contributed by atoms with Crippen molar-refractivity contribution in [1.29, 1.82) is 5.26 Å². The van der Waals surface area contributed by atoms with Gasteiger partial charge in [-0.3, -0.25) is 0 Å². The summed E-state index contributed by atoms with van der Waals surface area (Å²) < 4.78 is 5.82. The van der Waals surface area contributed by atoms with Gasteiger partial charge in [0, 0.05) is 17.5 Å². The van der Waals surface area contributed by atoms with Gasteiger partial charge in [0.25, 0.3) is 0 Å². The zero-order valence-electron chi connectivity index (χ0n) is 13.8. The van der Waals surface area contributed by atoms with Gasteiger partial charge in [0.15, 0.2) is 5.58 Å². The Morgan fingerprint density at radius 1 is 1.23 bits per heavy atom. The SMILES string of the molecule is Cc1ccc(-c2nc3cc(NC=C(C#N)c4nn[nH]n4)ccc3o2)cc1. The summed E-state index contributed by atoms with van der Waals surface area (Å²) >= 11 is 0. The normalized spacial score (nSPS) is 11.5. The summed E-state index contributed by atoms with van der Waals surface area (Å²) in [5.41, 5.74) is 4.53. The van der Waals surface area contributed by atoms with E-state index in [4.69, 9.17) is 4.42 Å². The van der Waals surface area contributed by atoms with Crippen molar-refractivity contribution in [1.82, 2.24) is 25.6 Å². The highest BCUT2D eigenvalue weighted by molar-refractivity contribution is 5.81. The molecule has 0 saturated carbocycles. The minimum Gasteiger partial charge on any atom is -0.436 e. The zero-order valence-corrected chi connectivity index (χ0v) is 13.8. The lowest BCUT2D eigenvalue weighted by molar-refractivity contribution is 0.620. The molecule has 0 spiro atoms. The fraction of sp³-hybridized carbons (Fsp3) is 0.0556. The molecule has 2 aromatic carbocycles. The molecule has 2 heterocycles. The molecule has 0 saturated heterocycles. The number of nitrogens with zero attached hydrogens (tertiary/aromatic N) is 5. The summed E-state index contributed by atoms with van der Waals surface area (Å²) in [7, 11) is 0. The quantitative estimate of drug-likeness (QED) is 0.546. The highest BCUT2D eigenvalue weighted by Crippen LogP contribution is 2.26. The van der Waals surface area contributed by atoms with Crippen LogP contribution in [-0.2, 0) is 0 Å². The first-order valence-electron chi connectivity index (χ1n) is 7.81. The van der Waals surface area contributed by atoms with Gasteiger partial charge in [0.05, 0.1) is 0 Å². The Hall–Kier alpha value is -3.99. The van der Waals surface area contributed by atoms with Gasteiger partial charge in [-0.1, -0.05) is 17.7 Å². The second-order valence-corrected chi connectivity index (χ2v) is 5.62. The van der Waals surface area contributed by atoms with Gasteiger partial charge in [-0.25, -0.2) is 4.98 Å². The molecular formula is C18H13N7O. The van der Waals surface area contributed by atoms with Gasteiger partial charge in [0.1, 0.15) is 17.2 Å². The van der Waals surface area contributed by atoms with E-state index in [0.29, 0.717) is 11.5 Å². The van der Waals surface area contributed by atoms with Crippen molar-refractivity contribution in [3.63, 3.8) is 0 Å². The molecule has 0 amide bonds. The van der Waals surface area contributed by atoms with Crippen LogP contribution in [0.15, 0.2) is 53.1 Å². The molecular weight excluding hydrogens is 330 g/mol. The van der Waals surface area contributed by atoms with Crippen molar-refractivity contribution in [2.45, 2.75) is 6.92 Å². The van der Waals surface area contributed by atoms with E-state index in [1.165, 1.54) is 11.8 Å². The third-order valence-electron chi connectivity index (χ3n) is 3.78. The molecule has 0 bridgehead atoms. The number of oxazole rings is 1. The number of rotatable bonds is 4. The number of tetrazole rings is 1. The fourth-order valence-corrected chi connectivity index (χ4v) is 2.42. The number of hydrogen-bond donors (Lipinski definition) is 2. The van der Waals surface area contributed by atoms with Crippen LogP contribution >= 0.6 is 0 Å². The molecule has 0 radical (unpaired) electrons. The number of hydrogen-bond acceptors (Lipinski definition) is 7. The number of aryl methyl sites for hydroxylation is 1. The third-order valence-corrected chi connectivity index (χ3v) is 3.78. The molecule has 126 valence electrons. The Bertz CT molecular complexity index is 1120. The Morgan fingerprint density at radius 3 is 2.81 bits per heavy atom. The number of fused-ring (bicyclic) bond motifs is 1.